The van der Waals surface area contributed by atoms with Crippen LogP contribution in [-0.2, 0) is 13.2 Å². The third-order valence-electron chi connectivity index (χ3n) is 4.65. The van der Waals surface area contributed by atoms with Crippen molar-refractivity contribution >= 4 is 34.9 Å². The van der Waals surface area contributed by atoms with Gasteiger partial charge in [-0.2, -0.15) is 0 Å². The highest BCUT2D eigenvalue weighted by Gasteiger charge is 2.14. The van der Waals surface area contributed by atoms with Gasteiger partial charge in [-0.25, -0.2) is 4.79 Å². The predicted octanol–water partition coefficient (Wildman–Crippen LogP) is 6.20. The Bertz CT molecular complexity index is 1050. The molecule has 0 unspecified atom stereocenters. The van der Waals surface area contributed by atoms with Gasteiger partial charge in [-0.15, -0.1) is 0 Å². The molecule has 0 heterocycles. The first-order chi connectivity index (χ1) is 14.4. The Kier molecular flexibility index (Phi) is 7.08. The van der Waals surface area contributed by atoms with Crippen LogP contribution in [0.4, 0.5) is 5.69 Å². The Morgan fingerprint density at radius 3 is 2.40 bits per heavy atom. The molecule has 3 rings (SSSR count). The van der Waals surface area contributed by atoms with E-state index in [4.69, 9.17) is 37.8 Å². The molecule has 0 aromatic heterocycles. The van der Waals surface area contributed by atoms with Crippen molar-refractivity contribution in [3.8, 4) is 11.5 Å². The zero-order valence-electron chi connectivity index (χ0n) is 16.5. The number of rotatable bonds is 8. The van der Waals surface area contributed by atoms with Gasteiger partial charge in [-0.1, -0.05) is 41.4 Å². The molecule has 0 aliphatic carbocycles. The summed E-state index contributed by atoms with van der Waals surface area (Å²) in [7, 11) is 1.58. The first kappa shape index (κ1) is 21.8. The Labute approximate surface area is 185 Å². The van der Waals surface area contributed by atoms with Gasteiger partial charge < -0.3 is 19.9 Å². The van der Waals surface area contributed by atoms with Crippen molar-refractivity contribution in [3.63, 3.8) is 0 Å². The zero-order chi connectivity index (χ0) is 21.7. The number of carbonyl (C=O) groups is 1. The molecule has 0 aliphatic heterocycles. The van der Waals surface area contributed by atoms with Crippen LogP contribution >= 0.6 is 23.2 Å². The van der Waals surface area contributed by atoms with Crippen LogP contribution in [0.25, 0.3) is 0 Å². The molecule has 0 bridgehead atoms. The van der Waals surface area contributed by atoms with E-state index >= 15 is 0 Å². The van der Waals surface area contributed by atoms with Crippen molar-refractivity contribution in [1.29, 1.82) is 0 Å². The van der Waals surface area contributed by atoms with Crippen molar-refractivity contribution in [2.24, 2.45) is 0 Å². The number of halogens is 2. The number of hydrogen-bond donors (Lipinski definition) is 2. The van der Waals surface area contributed by atoms with Crippen molar-refractivity contribution < 1.29 is 19.4 Å². The smallest absolute Gasteiger partial charge is 0.335 e. The summed E-state index contributed by atoms with van der Waals surface area (Å²) in [6, 6.07) is 15.9. The maximum Gasteiger partial charge on any atom is 0.335 e. The fourth-order valence-electron chi connectivity index (χ4n) is 3.03. The molecular weight excluding hydrogens is 425 g/mol. The van der Waals surface area contributed by atoms with Crippen molar-refractivity contribution in [2.45, 2.75) is 20.1 Å². The first-order valence-electron chi connectivity index (χ1n) is 9.20. The number of nitrogens with one attached hydrogen (secondary N) is 1. The van der Waals surface area contributed by atoms with E-state index in [0.717, 1.165) is 16.8 Å². The van der Waals surface area contributed by atoms with Crippen molar-refractivity contribution in [2.75, 3.05) is 12.4 Å². The molecule has 0 atom stereocenters. The van der Waals surface area contributed by atoms with Crippen LogP contribution in [0.3, 0.4) is 0 Å². The summed E-state index contributed by atoms with van der Waals surface area (Å²) < 4.78 is 11.5. The molecule has 0 fully saturated rings. The number of methoxy groups -OCH3 is 1. The lowest BCUT2D eigenvalue weighted by atomic mass is 10.1. The number of benzene rings is 3. The SMILES string of the molecule is COc1cccc(CNc2ccc(C(=O)O)cc2C)c1OCc1c(Cl)cccc1Cl. The average molecular weight is 446 g/mol. The highest BCUT2D eigenvalue weighted by molar-refractivity contribution is 6.35. The largest absolute Gasteiger partial charge is 0.493 e. The molecule has 0 radical (unpaired) electrons. The molecule has 3 aromatic rings. The van der Waals surface area contributed by atoms with Gasteiger partial charge in [0, 0.05) is 33.4 Å². The minimum absolute atomic E-state index is 0.193. The number of para-hydroxylation sites is 1. The second kappa shape index (κ2) is 9.74. The topological polar surface area (TPSA) is 67.8 Å². The summed E-state index contributed by atoms with van der Waals surface area (Å²) in [5, 5.41) is 13.5. The maximum atomic E-state index is 11.1. The lowest BCUT2D eigenvalue weighted by Gasteiger charge is -2.17. The zero-order valence-corrected chi connectivity index (χ0v) is 18.1. The molecule has 3 aromatic carbocycles. The Hall–Kier alpha value is -2.89. The average Bonchev–Trinajstić information content (AvgIpc) is 2.72. The lowest BCUT2D eigenvalue weighted by Crippen LogP contribution is -2.07. The highest BCUT2D eigenvalue weighted by atomic mass is 35.5. The van der Waals surface area contributed by atoms with Gasteiger partial charge in [0.2, 0.25) is 0 Å². The van der Waals surface area contributed by atoms with Crippen LogP contribution < -0.4 is 14.8 Å². The summed E-state index contributed by atoms with van der Waals surface area (Å²) in [5.74, 6) is 0.227. The maximum absolute atomic E-state index is 11.1. The van der Waals surface area contributed by atoms with Crippen LogP contribution in [0.15, 0.2) is 54.6 Å². The van der Waals surface area contributed by atoms with Gasteiger partial charge in [0.25, 0.3) is 0 Å². The Morgan fingerprint density at radius 2 is 1.77 bits per heavy atom. The Balaban J connectivity index is 1.81. The van der Waals surface area contributed by atoms with E-state index < -0.39 is 5.97 Å². The first-order valence-corrected chi connectivity index (χ1v) is 9.95. The fraction of sp³-hybridized carbons (Fsp3) is 0.174. The minimum atomic E-state index is -0.952. The predicted molar refractivity (Wildman–Crippen MR) is 119 cm³/mol. The van der Waals surface area contributed by atoms with Gasteiger partial charge in [0.15, 0.2) is 11.5 Å². The van der Waals surface area contributed by atoms with Gasteiger partial charge >= 0.3 is 5.97 Å². The standard InChI is InChI=1S/C23H21Cl2NO4/c1-14-11-15(23(27)28)9-10-20(14)26-12-16-5-3-8-21(29-2)22(16)30-13-17-18(24)6-4-7-19(17)25/h3-11,26H,12-13H2,1-2H3,(H,27,28). The van der Waals surface area contributed by atoms with Crippen LogP contribution in [0.1, 0.15) is 27.0 Å². The number of ether oxygens (including phenoxy) is 2. The molecule has 0 saturated heterocycles. The van der Waals surface area contributed by atoms with E-state index in [1.165, 1.54) is 0 Å². The highest BCUT2D eigenvalue weighted by Crippen LogP contribution is 2.34. The van der Waals surface area contributed by atoms with Crippen molar-refractivity contribution in [1.82, 2.24) is 0 Å². The lowest BCUT2D eigenvalue weighted by molar-refractivity contribution is 0.0697. The normalized spacial score (nSPS) is 10.5. The van der Waals surface area contributed by atoms with Crippen LogP contribution in [-0.4, -0.2) is 18.2 Å². The molecule has 0 spiro atoms. The number of aryl methyl sites for hydroxylation is 1. The van der Waals surface area contributed by atoms with E-state index in [1.807, 2.05) is 25.1 Å². The monoisotopic (exact) mass is 445 g/mol. The van der Waals surface area contributed by atoms with Crippen LogP contribution in [0.2, 0.25) is 10.0 Å². The molecule has 0 aliphatic rings. The summed E-state index contributed by atoms with van der Waals surface area (Å²) in [6.07, 6.45) is 0. The minimum Gasteiger partial charge on any atom is -0.493 e. The van der Waals surface area contributed by atoms with Gasteiger partial charge in [0.1, 0.15) is 6.61 Å². The Morgan fingerprint density at radius 1 is 1.07 bits per heavy atom. The molecule has 5 nitrogen and oxygen atoms in total. The third-order valence-corrected chi connectivity index (χ3v) is 5.35. The van der Waals surface area contributed by atoms with E-state index in [2.05, 4.69) is 5.32 Å². The number of carboxylic acids is 1. The summed E-state index contributed by atoms with van der Waals surface area (Å²) in [4.78, 5) is 11.1. The summed E-state index contributed by atoms with van der Waals surface area (Å²) in [6.45, 7) is 2.51. The van der Waals surface area contributed by atoms with E-state index in [1.54, 1.807) is 43.5 Å². The molecule has 30 heavy (non-hydrogen) atoms. The molecule has 7 heteroatoms. The number of anilines is 1. The van der Waals surface area contributed by atoms with Gasteiger partial charge in [-0.05, 0) is 48.9 Å². The molecule has 0 amide bonds. The molecule has 0 saturated carbocycles. The molecule has 156 valence electrons. The van der Waals surface area contributed by atoms with E-state index in [-0.39, 0.29) is 12.2 Å². The number of carboxylic acid groups (broad SMARTS) is 1. The second-order valence-electron chi connectivity index (χ2n) is 6.63. The fourth-order valence-corrected chi connectivity index (χ4v) is 3.53. The second-order valence-corrected chi connectivity index (χ2v) is 7.44. The van der Waals surface area contributed by atoms with Gasteiger partial charge in [0.05, 0.1) is 12.7 Å². The molecule has 2 N–H and O–H groups in total. The third kappa shape index (κ3) is 4.99. The van der Waals surface area contributed by atoms with Crippen LogP contribution in [0, 0.1) is 6.92 Å². The van der Waals surface area contributed by atoms with Crippen molar-refractivity contribution in [3.05, 3.63) is 86.9 Å². The quantitative estimate of drug-likeness (QED) is 0.431. The number of aromatic carboxylic acids is 1. The molecular formula is C23H21Cl2NO4. The van der Waals surface area contributed by atoms with Crippen LogP contribution in [0.5, 0.6) is 11.5 Å². The summed E-state index contributed by atoms with van der Waals surface area (Å²) >= 11 is 12.5. The van der Waals surface area contributed by atoms with Gasteiger partial charge in [-0.3, -0.25) is 0 Å². The summed E-state index contributed by atoms with van der Waals surface area (Å²) in [5.41, 5.74) is 3.50. The van der Waals surface area contributed by atoms with E-state index in [0.29, 0.717) is 33.7 Å². The number of hydrogen-bond acceptors (Lipinski definition) is 4. The van der Waals surface area contributed by atoms with E-state index in [9.17, 15) is 4.79 Å².